The molecule has 1 aromatic heterocycles. The Balaban J connectivity index is 0.00000242. The highest BCUT2D eigenvalue weighted by atomic mass is 127. The van der Waals surface area contributed by atoms with Crippen LogP contribution in [-0.4, -0.2) is 19.6 Å². The van der Waals surface area contributed by atoms with Crippen molar-refractivity contribution >= 4 is 29.9 Å². The maximum atomic E-state index is 5.53. The van der Waals surface area contributed by atoms with Crippen molar-refractivity contribution < 1.29 is 4.42 Å². The lowest BCUT2D eigenvalue weighted by atomic mass is 9.97. The van der Waals surface area contributed by atoms with Gasteiger partial charge in [-0.05, 0) is 52.0 Å². The summed E-state index contributed by atoms with van der Waals surface area (Å²) in [5.41, 5.74) is 2.77. The van der Waals surface area contributed by atoms with Gasteiger partial charge in [0.1, 0.15) is 11.5 Å². The number of furan rings is 1. The molecule has 0 saturated carbocycles. The van der Waals surface area contributed by atoms with Crippen LogP contribution < -0.4 is 10.6 Å². The number of nitrogens with zero attached hydrogens (tertiary/aromatic N) is 1. The number of hydrogen-bond donors (Lipinski definition) is 2. The Hall–Kier alpha value is -0.980. The Bertz CT molecular complexity index is 520. The van der Waals surface area contributed by atoms with Crippen LogP contribution in [0.4, 0.5) is 0 Å². The molecule has 2 N–H and O–H groups in total. The van der Waals surface area contributed by atoms with Crippen LogP contribution in [0.5, 0.6) is 0 Å². The summed E-state index contributed by atoms with van der Waals surface area (Å²) in [4.78, 5) is 4.27. The van der Waals surface area contributed by atoms with Gasteiger partial charge >= 0.3 is 0 Å². The van der Waals surface area contributed by atoms with E-state index in [1.807, 2.05) is 20.9 Å². The summed E-state index contributed by atoms with van der Waals surface area (Å²) in [6.45, 7) is 5.65. The van der Waals surface area contributed by atoms with Gasteiger partial charge in [0.25, 0.3) is 0 Å². The summed E-state index contributed by atoms with van der Waals surface area (Å²) in [6, 6.07) is 2.07. The van der Waals surface area contributed by atoms with Gasteiger partial charge in [0.2, 0.25) is 0 Å². The van der Waals surface area contributed by atoms with Crippen molar-refractivity contribution in [3.63, 3.8) is 0 Å². The molecule has 4 nitrogen and oxygen atoms in total. The smallest absolute Gasteiger partial charge is 0.191 e. The van der Waals surface area contributed by atoms with E-state index in [-0.39, 0.29) is 24.0 Å². The zero-order valence-electron chi connectivity index (χ0n) is 13.9. The molecular formula is C17H28IN3O. The zero-order valence-corrected chi connectivity index (χ0v) is 16.2. The fourth-order valence-corrected chi connectivity index (χ4v) is 2.73. The fourth-order valence-electron chi connectivity index (χ4n) is 2.73. The molecule has 0 bridgehead atoms. The van der Waals surface area contributed by atoms with E-state index < -0.39 is 0 Å². The number of aliphatic imine (C=N–C) groups is 1. The van der Waals surface area contributed by atoms with Crippen molar-refractivity contribution in [1.29, 1.82) is 0 Å². The molecule has 2 rings (SSSR count). The van der Waals surface area contributed by atoms with E-state index in [1.165, 1.54) is 31.2 Å². The van der Waals surface area contributed by atoms with Crippen molar-refractivity contribution in [2.45, 2.75) is 52.5 Å². The fraction of sp³-hybridized carbons (Fsp3) is 0.588. The monoisotopic (exact) mass is 417 g/mol. The number of nitrogens with one attached hydrogen (secondary N) is 2. The molecule has 0 saturated heterocycles. The highest BCUT2D eigenvalue weighted by Crippen LogP contribution is 2.19. The lowest BCUT2D eigenvalue weighted by Gasteiger charge is -2.15. The molecule has 0 amide bonds. The van der Waals surface area contributed by atoms with E-state index in [0.717, 1.165) is 37.0 Å². The molecule has 1 heterocycles. The first-order chi connectivity index (χ1) is 10.2. The molecule has 0 aliphatic heterocycles. The zero-order chi connectivity index (χ0) is 15.1. The summed E-state index contributed by atoms with van der Waals surface area (Å²) in [6.07, 6.45) is 8.73. The van der Waals surface area contributed by atoms with E-state index in [1.54, 1.807) is 5.57 Å². The van der Waals surface area contributed by atoms with Crippen LogP contribution in [0.2, 0.25) is 0 Å². The standard InChI is InChI=1S/C17H27N3O.HI/c1-13-11-16(14(2)21-13)12-20-17(18-3)19-10-9-15-7-5-4-6-8-15;/h7,11H,4-6,8-10,12H2,1-3H3,(H2,18,19,20);1H. The molecule has 0 radical (unpaired) electrons. The van der Waals surface area contributed by atoms with Gasteiger partial charge in [0.15, 0.2) is 5.96 Å². The van der Waals surface area contributed by atoms with Gasteiger partial charge < -0.3 is 15.1 Å². The second-order valence-corrected chi connectivity index (χ2v) is 5.65. The Morgan fingerprint density at radius 2 is 2.09 bits per heavy atom. The van der Waals surface area contributed by atoms with Crippen LogP contribution in [0, 0.1) is 13.8 Å². The van der Waals surface area contributed by atoms with E-state index in [4.69, 9.17) is 4.42 Å². The van der Waals surface area contributed by atoms with Crippen LogP contribution in [0.15, 0.2) is 27.1 Å². The average Bonchev–Trinajstić information content (AvgIpc) is 2.81. The van der Waals surface area contributed by atoms with Gasteiger partial charge in [-0.25, -0.2) is 0 Å². The number of halogens is 1. The van der Waals surface area contributed by atoms with Crippen molar-refractivity contribution in [3.05, 3.63) is 34.8 Å². The van der Waals surface area contributed by atoms with Crippen LogP contribution in [0.3, 0.4) is 0 Å². The molecular weight excluding hydrogens is 389 g/mol. The van der Waals surface area contributed by atoms with Gasteiger partial charge in [0, 0.05) is 25.7 Å². The van der Waals surface area contributed by atoms with Gasteiger partial charge in [-0.15, -0.1) is 24.0 Å². The maximum Gasteiger partial charge on any atom is 0.191 e. The minimum atomic E-state index is 0. The highest BCUT2D eigenvalue weighted by Gasteiger charge is 2.06. The summed E-state index contributed by atoms with van der Waals surface area (Å²) >= 11 is 0. The number of allylic oxidation sites excluding steroid dienone is 1. The van der Waals surface area contributed by atoms with E-state index in [9.17, 15) is 0 Å². The minimum absolute atomic E-state index is 0. The van der Waals surface area contributed by atoms with Crippen molar-refractivity contribution in [2.75, 3.05) is 13.6 Å². The Morgan fingerprint density at radius 3 is 2.68 bits per heavy atom. The largest absolute Gasteiger partial charge is 0.466 e. The van der Waals surface area contributed by atoms with Gasteiger partial charge in [-0.3, -0.25) is 4.99 Å². The van der Waals surface area contributed by atoms with Crippen molar-refractivity contribution in [3.8, 4) is 0 Å². The van der Waals surface area contributed by atoms with E-state index >= 15 is 0 Å². The summed E-state index contributed by atoms with van der Waals surface area (Å²) in [5.74, 6) is 2.78. The summed E-state index contributed by atoms with van der Waals surface area (Å²) in [7, 11) is 1.81. The Labute approximate surface area is 150 Å². The normalized spacial score (nSPS) is 15.0. The second kappa shape index (κ2) is 9.92. The first-order valence-electron chi connectivity index (χ1n) is 7.87. The quantitative estimate of drug-likeness (QED) is 0.329. The molecule has 0 unspecified atom stereocenters. The number of guanidine groups is 1. The molecule has 0 spiro atoms. The van der Waals surface area contributed by atoms with Crippen LogP contribution in [0.25, 0.3) is 0 Å². The van der Waals surface area contributed by atoms with Crippen LogP contribution in [-0.2, 0) is 6.54 Å². The lowest BCUT2D eigenvalue weighted by Crippen LogP contribution is -2.37. The van der Waals surface area contributed by atoms with Crippen LogP contribution in [0.1, 0.15) is 49.2 Å². The summed E-state index contributed by atoms with van der Waals surface area (Å²) < 4.78 is 5.53. The van der Waals surface area contributed by atoms with Crippen molar-refractivity contribution in [2.24, 2.45) is 4.99 Å². The first kappa shape index (κ1) is 19.1. The Morgan fingerprint density at radius 1 is 1.27 bits per heavy atom. The number of aryl methyl sites for hydroxylation is 2. The van der Waals surface area contributed by atoms with Gasteiger partial charge in [-0.1, -0.05) is 11.6 Å². The average molecular weight is 417 g/mol. The third kappa shape index (κ3) is 6.02. The number of hydrogen-bond acceptors (Lipinski definition) is 2. The van der Waals surface area contributed by atoms with E-state index in [0.29, 0.717) is 0 Å². The maximum absolute atomic E-state index is 5.53. The molecule has 1 aromatic rings. The molecule has 0 aromatic carbocycles. The third-order valence-electron chi connectivity index (χ3n) is 3.94. The van der Waals surface area contributed by atoms with Crippen molar-refractivity contribution in [1.82, 2.24) is 10.6 Å². The van der Waals surface area contributed by atoms with Gasteiger partial charge in [-0.2, -0.15) is 0 Å². The Kier molecular flexibility index (Phi) is 8.60. The minimum Gasteiger partial charge on any atom is -0.466 e. The molecule has 5 heteroatoms. The van der Waals surface area contributed by atoms with Gasteiger partial charge in [0.05, 0.1) is 0 Å². The topological polar surface area (TPSA) is 49.6 Å². The number of rotatable bonds is 5. The molecule has 0 atom stereocenters. The first-order valence-corrected chi connectivity index (χ1v) is 7.87. The third-order valence-corrected chi connectivity index (χ3v) is 3.94. The molecule has 124 valence electrons. The molecule has 1 aliphatic carbocycles. The molecule has 0 fully saturated rings. The predicted octanol–water partition coefficient (Wildman–Crippen LogP) is 4.07. The second-order valence-electron chi connectivity index (χ2n) is 5.65. The molecule has 1 aliphatic rings. The predicted molar refractivity (Wildman–Crippen MR) is 103 cm³/mol. The summed E-state index contributed by atoms with van der Waals surface area (Å²) in [5, 5.41) is 6.72. The highest BCUT2D eigenvalue weighted by molar-refractivity contribution is 14.0. The van der Waals surface area contributed by atoms with E-state index in [2.05, 4.69) is 27.8 Å². The SMILES string of the molecule is CN=C(NCCC1=CCCCC1)NCc1cc(C)oc1C.I. The lowest BCUT2D eigenvalue weighted by molar-refractivity contribution is 0.500. The van der Waals surface area contributed by atoms with Crippen LogP contribution >= 0.6 is 24.0 Å². The molecule has 22 heavy (non-hydrogen) atoms.